The standard InChI is InChI=1S/C16H17FN4OS/c1-9(2)14-20-15(22-21-14)10(3)23-16-18-8-13(19-16)11-4-6-12(17)7-5-11/h4-10H,1-3H3,(H,18,19)/t10-/m0/s1. The van der Waals surface area contributed by atoms with Crippen LogP contribution in [0.25, 0.3) is 11.3 Å². The van der Waals surface area contributed by atoms with E-state index in [0.717, 1.165) is 16.4 Å². The van der Waals surface area contributed by atoms with Gasteiger partial charge in [-0.15, -0.1) is 0 Å². The first-order valence-corrected chi connectivity index (χ1v) is 8.22. The molecule has 0 aliphatic heterocycles. The fraction of sp³-hybridized carbons (Fsp3) is 0.312. The zero-order chi connectivity index (χ0) is 16.4. The van der Waals surface area contributed by atoms with Crippen LogP contribution in [0.15, 0.2) is 40.1 Å². The van der Waals surface area contributed by atoms with Gasteiger partial charge in [0.05, 0.1) is 17.1 Å². The lowest BCUT2D eigenvalue weighted by molar-refractivity contribution is 0.373. The second kappa shape index (κ2) is 6.54. The monoisotopic (exact) mass is 332 g/mol. The van der Waals surface area contributed by atoms with Crippen molar-refractivity contribution in [3.8, 4) is 11.3 Å². The first-order chi connectivity index (χ1) is 11.0. The Balaban J connectivity index is 1.71. The number of H-pyrrole nitrogens is 1. The smallest absolute Gasteiger partial charge is 0.239 e. The summed E-state index contributed by atoms with van der Waals surface area (Å²) >= 11 is 1.50. The lowest BCUT2D eigenvalue weighted by Gasteiger charge is -2.03. The van der Waals surface area contributed by atoms with E-state index in [1.54, 1.807) is 18.3 Å². The van der Waals surface area contributed by atoms with E-state index >= 15 is 0 Å². The molecule has 0 aliphatic carbocycles. The molecule has 0 spiro atoms. The summed E-state index contributed by atoms with van der Waals surface area (Å²) in [5, 5.41) is 4.71. The predicted molar refractivity (Wildman–Crippen MR) is 86.6 cm³/mol. The van der Waals surface area contributed by atoms with Crippen molar-refractivity contribution in [3.63, 3.8) is 0 Å². The maximum absolute atomic E-state index is 13.0. The van der Waals surface area contributed by atoms with Gasteiger partial charge in [0, 0.05) is 5.92 Å². The van der Waals surface area contributed by atoms with Crippen molar-refractivity contribution in [2.45, 2.75) is 37.1 Å². The van der Waals surface area contributed by atoms with Gasteiger partial charge in [-0.05, 0) is 36.8 Å². The van der Waals surface area contributed by atoms with Crippen LogP contribution in [0.3, 0.4) is 0 Å². The lowest BCUT2D eigenvalue weighted by Crippen LogP contribution is -1.93. The minimum Gasteiger partial charge on any atom is -0.338 e. The van der Waals surface area contributed by atoms with Crippen molar-refractivity contribution < 1.29 is 8.91 Å². The van der Waals surface area contributed by atoms with E-state index in [0.29, 0.717) is 11.7 Å². The molecule has 0 amide bonds. The first-order valence-electron chi connectivity index (χ1n) is 7.34. The molecule has 0 fully saturated rings. The molecular weight excluding hydrogens is 315 g/mol. The minimum absolute atomic E-state index is 0.0118. The van der Waals surface area contributed by atoms with Crippen molar-refractivity contribution in [2.75, 3.05) is 0 Å². The summed E-state index contributed by atoms with van der Waals surface area (Å²) < 4.78 is 18.3. The summed E-state index contributed by atoms with van der Waals surface area (Å²) in [5.74, 6) is 1.27. The van der Waals surface area contributed by atoms with Gasteiger partial charge in [0.25, 0.3) is 0 Å². The molecule has 0 radical (unpaired) electrons. The first kappa shape index (κ1) is 15.7. The quantitative estimate of drug-likeness (QED) is 0.693. The van der Waals surface area contributed by atoms with Crippen molar-refractivity contribution >= 4 is 11.8 Å². The van der Waals surface area contributed by atoms with Crippen molar-refractivity contribution in [1.29, 1.82) is 0 Å². The summed E-state index contributed by atoms with van der Waals surface area (Å²) in [7, 11) is 0. The molecule has 0 bridgehead atoms. The van der Waals surface area contributed by atoms with Gasteiger partial charge in [-0.2, -0.15) is 4.98 Å². The molecule has 5 nitrogen and oxygen atoms in total. The third-order valence-electron chi connectivity index (χ3n) is 3.32. The molecule has 7 heteroatoms. The molecule has 0 saturated carbocycles. The van der Waals surface area contributed by atoms with Gasteiger partial charge in [-0.25, -0.2) is 9.37 Å². The molecule has 2 heterocycles. The van der Waals surface area contributed by atoms with Crippen LogP contribution in [0.1, 0.15) is 43.7 Å². The van der Waals surface area contributed by atoms with Crippen molar-refractivity contribution in [1.82, 2.24) is 20.1 Å². The van der Waals surface area contributed by atoms with Crippen LogP contribution in [0.5, 0.6) is 0 Å². The second-order valence-electron chi connectivity index (χ2n) is 5.51. The molecular formula is C16H17FN4OS. The summed E-state index contributed by atoms with van der Waals surface area (Å²) in [5.41, 5.74) is 1.73. The topological polar surface area (TPSA) is 67.6 Å². The molecule has 3 rings (SSSR count). The molecule has 0 aliphatic rings. The van der Waals surface area contributed by atoms with E-state index in [1.807, 2.05) is 20.8 Å². The number of hydrogen-bond acceptors (Lipinski definition) is 5. The number of aromatic nitrogens is 4. The van der Waals surface area contributed by atoms with E-state index in [4.69, 9.17) is 4.52 Å². The van der Waals surface area contributed by atoms with Crippen molar-refractivity contribution in [2.24, 2.45) is 0 Å². The van der Waals surface area contributed by atoms with Gasteiger partial charge < -0.3 is 9.51 Å². The van der Waals surface area contributed by atoms with Gasteiger partial charge in [-0.3, -0.25) is 0 Å². The molecule has 2 aromatic heterocycles. The van der Waals surface area contributed by atoms with E-state index in [2.05, 4.69) is 20.1 Å². The highest BCUT2D eigenvalue weighted by Crippen LogP contribution is 2.33. The summed E-state index contributed by atoms with van der Waals surface area (Å²) in [6.07, 6.45) is 1.73. The van der Waals surface area contributed by atoms with E-state index < -0.39 is 0 Å². The Labute approximate surface area is 137 Å². The number of aromatic amines is 1. The molecule has 3 aromatic rings. The van der Waals surface area contributed by atoms with Gasteiger partial charge in [0.1, 0.15) is 5.82 Å². The minimum atomic E-state index is -0.256. The molecule has 0 unspecified atom stereocenters. The molecule has 1 N–H and O–H groups in total. The maximum Gasteiger partial charge on any atom is 0.239 e. The number of thioether (sulfide) groups is 1. The van der Waals surface area contributed by atoms with Gasteiger partial charge in [-0.1, -0.05) is 30.8 Å². The Morgan fingerprint density at radius 1 is 1.17 bits per heavy atom. The van der Waals surface area contributed by atoms with Crippen molar-refractivity contribution in [3.05, 3.63) is 48.0 Å². The molecule has 120 valence electrons. The van der Waals surface area contributed by atoms with E-state index in [-0.39, 0.29) is 17.0 Å². The Bertz CT molecular complexity index is 781. The fourth-order valence-corrected chi connectivity index (χ4v) is 2.82. The molecule has 0 saturated heterocycles. The highest BCUT2D eigenvalue weighted by atomic mass is 32.2. The average molecular weight is 332 g/mol. The number of hydrogen-bond donors (Lipinski definition) is 1. The zero-order valence-electron chi connectivity index (χ0n) is 13.1. The lowest BCUT2D eigenvalue weighted by atomic mass is 10.2. The summed E-state index contributed by atoms with van der Waals surface area (Å²) in [6.45, 7) is 6.03. The van der Waals surface area contributed by atoms with Crippen LogP contribution < -0.4 is 0 Å². The van der Waals surface area contributed by atoms with Gasteiger partial charge in [0.2, 0.25) is 5.89 Å². The number of rotatable bonds is 5. The van der Waals surface area contributed by atoms with Crippen LogP contribution in [0.4, 0.5) is 4.39 Å². The van der Waals surface area contributed by atoms with Crippen LogP contribution in [0, 0.1) is 5.82 Å². The Morgan fingerprint density at radius 2 is 1.91 bits per heavy atom. The SMILES string of the molecule is CC(C)c1noc([C@H](C)Sc2ncc(-c3ccc(F)cc3)[nH]2)n1. The summed E-state index contributed by atoms with van der Waals surface area (Å²) in [4.78, 5) is 12.0. The number of halogens is 1. The van der Waals surface area contributed by atoms with Crippen LogP contribution in [-0.4, -0.2) is 20.1 Å². The Morgan fingerprint density at radius 3 is 2.57 bits per heavy atom. The fourth-order valence-electron chi connectivity index (χ4n) is 2.00. The number of nitrogens with zero attached hydrogens (tertiary/aromatic N) is 3. The van der Waals surface area contributed by atoms with E-state index in [1.165, 1.54) is 23.9 Å². The average Bonchev–Trinajstić information content (AvgIpc) is 3.17. The number of imidazole rings is 1. The highest BCUT2D eigenvalue weighted by molar-refractivity contribution is 7.99. The molecule has 23 heavy (non-hydrogen) atoms. The van der Waals surface area contributed by atoms with E-state index in [9.17, 15) is 4.39 Å². The largest absolute Gasteiger partial charge is 0.338 e. The third kappa shape index (κ3) is 3.61. The highest BCUT2D eigenvalue weighted by Gasteiger charge is 2.18. The molecule has 1 atom stereocenters. The maximum atomic E-state index is 13.0. The normalized spacial score (nSPS) is 12.7. The van der Waals surface area contributed by atoms with Gasteiger partial charge in [0.15, 0.2) is 11.0 Å². The van der Waals surface area contributed by atoms with Crippen LogP contribution in [-0.2, 0) is 0 Å². The zero-order valence-corrected chi connectivity index (χ0v) is 13.9. The number of benzene rings is 1. The predicted octanol–water partition coefficient (Wildman–Crippen LogP) is 4.58. The Hall–Kier alpha value is -2.15. The number of nitrogens with one attached hydrogen (secondary N) is 1. The molecule has 1 aromatic carbocycles. The second-order valence-corrected chi connectivity index (χ2v) is 6.84. The Kier molecular flexibility index (Phi) is 4.47. The van der Waals surface area contributed by atoms with Crippen LogP contribution in [0.2, 0.25) is 0 Å². The summed E-state index contributed by atoms with van der Waals surface area (Å²) in [6, 6.07) is 6.29. The van der Waals surface area contributed by atoms with Gasteiger partial charge >= 0.3 is 0 Å². The third-order valence-corrected chi connectivity index (χ3v) is 4.30. The van der Waals surface area contributed by atoms with Crippen LogP contribution >= 0.6 is 11.8 Å².